The summed E-state index contributed by atoms with van der Waals surface area (Å²) >= 11 is 6.28. The molecule has 0 aliphatic carbocycles. The number of allylic oxidation sites excluding steroid dienone is 1. The highest BCUT2D eigenvalue weighted by Crippen LogP contribution is 2.45. The zero-order valence-electron chi connectivity index (χ0n) is 24.6. The van der Waals surface area contributed by atoms with Gasteiger partial charge in [0.05, 0.1) is 19.6 Å². The molecule has 1 aliphatic rings. The molecule has 4 aromatic rings. The molecule has 0 saturated carbocycles. The highest BCUT2D eigenvalue weighted by Gasteiger charge is 2.32. The molecule has 1 atom stereocenters. The number of halogens is 1. The average Bonchev–Trinajstić information content (AvgIpc) is 3.31. The van der Waals surface area contributed by atoms with Gasteiger partial charge in [0, 0.05) is 27.6 Å². The minimum Gasteiger partial charge on any atom is -0.493 e. The SMILES string of the molecule is CCCCCCOc1ccc(C2C(C#N)=C(N)Oc3cc(OC(=O)c4oc5cc(C)c(Cl)cc5c4C)ccc32)cc1OC. The molecule has 0 spiro atoms. The first kappa shape index (κ1) is 29.9. The van der Waals surface area contributed by atoms with E-state index in [1.165, 1.54) is 6.42 Å². The summed E-state index contributed by atoms with van der Waals surface area (Å²) in [5.74, 6) is 0.645. The number of esters is 1. The normalized spacial score (nSPS) is 14.2. The monoisotopic (exact) mass is 600 g/mol. The molecule has 1 aromatic heterocycles. The van der Waals surface area contributed by atoms with Crippen LogP contribution in [0.25, 0.3) is 11.0 Å². The van der Waals surface area contributed by atoms with Crippen molar-refractivity contribution in [1.82, 2.24) is 0 Å². The van der Waals surface area contributed by atoms with Gasteiger partial charge in [-0.25, -0.2) is 4.79 Å². The van der Waals surface area contributed by atoms with E-state index in [-0.39, 0.29) is 23.0 Å². The van der Waals surface area contributed by atoms with Crippen LogP contribution in [0, 0.1) is 25.2 Å². The first-order chi connectivity index (χ1) is 20.7. The second kappa shape index (κ2) is 12.7. The number of nitrogens with two attached hydrogens (primary N) is 1. The van der Waals surface area contributed by atoms with Crippen molar-refractivity contribution in [3.63, 3.8) is 0 Å². The van der Waals surface area contributed by atoms with Crippen molar-refractivity contribution in [2.24, 2.45) is 5.73 Å². The molecule has 8 nitrogen and oxygen atoms in total. The van der Waals surface area contributed by atoms with Crippen LogP contribution >= 0.6 is 11.6 Å². The Kier molecular flexibility index (Phi) is 8.84. The Morgan fingerprint density at radius 2 is 1.88 bits per heavy atom. The molecule has 5 rings (SSSR count). The van der Waals surface area contributed by atoms with E-state index in [4.69, 9.17) is 40.7 Å². The largest absolute Gasteiger partial charge is 0.493 e. The third kappa shape index (κ3) is 5.99. The first-order valence-electron chi connectivity index (χ1n) is 14.2. The van der Waals surface area contributed by atoms with E-state index >= 15 is 0 Å². The van der Waals surface area contributed by atoms with Gasteiger partial charge in [-0.15, -0.1) is 0 Å². The second-order valence-electron chi connectivity index (χ2n) is 10.5. The molecule has 9 heteroatoms. The van der Waals surface area contributed by atoms with Crippen LogP contribution in [-0.4, -0.2) is 19.7 Å². The molecule has 1 unspecified atom stereocenters. The van der Waals surface area contributed by atoms with Crippen LogP contribution in [0.4, 0.5) is 0 Å². The number of carbonyl (C=O) groups is 1. The summed E-state index contributed by atoms with van der Waals surface area (Å²) in [6.45, 7) is 6.40. The van der Waals surface area contributed by atoms with Gasteiger partial charge in [-0.1, -0.05) is 49.9 Å². The number of hydrogen-bond acceptors (Lipinski definition) is 8. The molecule has 43 heavy (non-hydrogen) atoms. The van der Waals surface area contributed by atoms with Gasteiger partial charge >= 0.3 is 5.97 Å². The highest BCUT2D eigenvalue weighted by molar-refractivity contribution is 6.32. The Balaban J connectivity index is 1.42. The minimum atomic E-state index is -0.661. The number of hydrogen-bond donors (Lipinski definition) is 1. The van der Waals surface area contributed by atoms with Crippen LogP contribution in [-0.2, 0) is 0 Å². The maximum absolute atomic E-state index is 13.1. The topological polar surface area (TPSA) is 117 Å². The fourth-order valence-corrected chi connectivity index (χ4v) is 5.39. The van der Waals surface area contributed by atoms with Crippen LogP contribution in [0.2, 0.25) is 5.02 Å². The number of carbonyl (C=O) groups excluding carboxylic acids is 1. The molecule has 222 valence electrons. The third-order valence-electron chi connectivity index (χ3n) is 7.58. The summed E-state index contributed by atoms with van der Waals surface area (Å²) in [6, 6.07) is 16.3. The number of furan rings is 1. The molecular weight excluding hydrogens is 568 g/mol. The van der Waals surface area contributed by atoms with Crippen molar-refractivity contribution in [3.8, 4) is 29.1 Å². The van der Waals surface area contributed by atoms with Crippen LogP contribution in [0.5, 0.6) is 23.0 Å². The predicted octanol–water partition coefficient (Wildman–Crippen LogP) is 8.11. The fraction of sp³-hybridized carbons (Fsp3) is 0.294. The van der Waals surface area contributed by atoms with Crippen LogP contribution in [0.15, 0.2) is 64.4 Å². The van der Waals surface area contributed by atoms with E-state index < -0.39 is 11.9 Å². The molecule has 2 N–H and O–H groups in total. The maximum atomic E-state index is 13.1. The number of unbranched alkanes of at least 4 members (excludes halogenated alkanes) is 3. The van der Waals surface area contributed by atoms with Crippen molar-refractivity contribution < 1.29 is 28.2 Å². The van der Waals surface area contributed by atoms with Gasteiger partial charge in [0.25, 0.3) is 0 Å². The standard InChI is InChI=1S/C34H33ClN2O6/c1-5-6-7-8-13-40-27-12-9-21(15-30(27)39-4)31-23-11-10-22(16-29(23)43-33(37)25(31)18-36)41-34(38)32-20(3)24-17-26(35)19(2)14-28(24)42-32/h9-12,14-17,31H,5-8,13,37H2,1-4H3. The Morgan fingerprint density at radius 3 is 2.63 bits per heavy atom. The van der Waals surface area contributed by atoms with Gasteiger partial charge in [0.1, 0.15) is 28.7 Å². The van der Waals surface area contributed by atoms with Crippen molar-refractivity contribution in [3.05, 3.63) is 93.0 Å². The lowest BCUT2D eigenvalue weighted by atomic mass is 9.83. The first-order valence-corrected chi connectivity index (χ1v) is 14.6. The van der Waals surface area contributed by atoms with Crippen molar-refractivity contribution >= 4 is 28.5 Å². The van der Waals surface area contributed by atoms with Crippen LogP contribution < -0.4 is 24.7 Å². The number of benzene rings is 3. The Bertz CT molecular complexity index is 1770. The fourth-order valence-electron chi connectivity index (χ4n) is 5.23. The predicted molar refractivity (Wildman–Crippen MR) is 164 cm³/mol. The maximum Gasteiger partial charge on any atom is 0.379 e. The zero-order valence-corrected chi connectivity index (χ0v) is 25.3. The summed E-state index contributed by atoms with van der Waals surface area (Å²) in [4.78, 5) is 13.1. The van der Waals surface area contributed by atoms with Crippen LogP contribution in [0.3, 0.4) is 0 Å². The second-order valence-corrected chi connectivity index (χ2v) is 10.9. The molecule has 0 amide bonds. The van der Waals surface area contributed by atoms with Gasteiger partial charge < -0.3 is 29.1 Å². The zero-order chi connectivity index (χ0) is 30.7. The summed E-state index contributed by atoms with van der Waals surface area (Å²) in [5.41, 5.74) is 9.96. The number of nitriles is 1. The lowest BCUT2D eigenvalue weighted by Gasteiger charge is -2.27. The summed E-state index contributed by atoms with van der Waals surface area (Å²) in [7, 11) is 1.58. The number of ether oxygens (including phenoxy) is 4. The molecule has 0 saturated heterocycles. The van der Waals surface area contributed by atoms with Crippen molar-refractivity contribution in [2.45, 2.75) is 52.4 Å². The Hall–Kier alpha value is -4.61. The molecule has 1 aliphatic heterocycles. The summed E-state index contributed by atoms with van der Waals surface area (Å²) < 4.78 is 28.9. The van der Waals surface area contributed by atoms with E-state index in [0.29, 0.717) is 45.6 Å². The summed E-state index contributed by atoms with van der Waals surface area (Å²) in [5, 5.41) is 11.3. The average molecular weight is 601 g/mol. The van der Waals surface area contributed by atoms with E-state index in [1.807, 2.05) is 25.1 Å². The number of aryl methyl sites for hydroxylation is 2. The number of methoxy groups -OCH3 is 1. The van der Waals surface area contributed by atoms with Gasteiger partial charge in [0.2, 0.25) is 11.6 Å². The lowest BCUT2D eigenvalue weighted by Crippen LogP contribution is -2.21. The van der Waals surface area contributed by atoms with Gasteiger partial charge in [-0.3, -0.25) is 0 Å². The van der Waals surface area contributed by atoms with E-state index in [1.54, 1.807) is 44.4 Å². The van der Waals surface area contributed by atoms with E-state index in [0.717, 1.165) is 35.8 Å². The Labute approximate surface area is 255 Å². The van der Waals surface area contributed by atoms with Gasteiger partial charge in [-0.05, 0) is 61.7 Å². The van der Waals surface area contributed by atoms with E-state index in [2.05, 4.69) is 13.0 Å². The third-order valence-corrected chi connectivity index (χ3v) is 7.99. The van der Waals surface area contributed by atoms with Crippen molar-refractivity contribution in [2.75, 3.05) is 13.7 Å². The van der Waals surface area contributed by atoms with Gasteiger partial charge in [-0.2, -0.15) is 5.26 Å². The molecule has 2 heterocycles. The van der Waals surface area contributed by atoms with Crippen LogP contribution in [0.1, 0.15) is 71.3 Å². The molecule has 3 aromatic carbocycles. The van der Waals surface area contributed by atoms with Gasteiger partial charge in [0.15, 0.2) is 11.5 Å². The minimum absolute atomic E-state index is 0.0286. The molecule has 0 radical (unpaired) electrons. The molecule has 0 fully saturated rings. The lowest BCUT2D eigenvalue weighted by molar-refractivity contribution is 0.0702. The number of nitrogens with zero attached hydrogens (tertiary/aromatic N) is 1. The van der Waals surface area contributed by atoms with E-state index in [9.17, 15) is 10.1 Å². The highest BCUT2D eigenvalue weighted by atomic mass is 35.5. The summed E-state index contributed by atoms with van der Waals surface area (Å²) in [6.07, 6.45) is 4.39. The molecule has 0 bridgehead atoms. The quantitative estimate of drug-likeness (QED) is 0.110. The number of rotatable bonds is 10. The smallest absolute Gasteiger partial charge is 0.379 e. The Morgan fingerprint density at radius 1 is 1.07 bits per heavy atom. The number of fused-ring (bicyclic) bond motifs is 2. The molecular formula is C34H33ClN2O6. The van der Waals surface area contributed by atoms with Crippen molar-refractivity contribution in [1.29, 1.82) is 5.26 Å².